The maximum absolute atomic E-state index is 13.6. The largest absolute Gasteiger partial charge is 0.339 e. The Kier molecular flexibility index (Phi) is 5.58. The average Bonchev–Trinajstić information content (AvgIpc) is 3.17. The molecule has 0 amide bonds. The maximum atomic E-state index is 13.6. The molecule has 170 valence electrons. The Morgan fingerprint density at radius 1 is 1.06 bits per heavy atom. The molecule has 5 rings (SSSR count). The predicted molar refractivity (Wildman–Crippen MR) is 128 cm³/mol. The molecule has 7 nitrogen and oxygen atoms in total. The lowest BCUT2D eigenvalue weighted by Gasteiger charge is -2.40. The summed E-state index contributed by atoms with van der Waals surface area (Å²) in [4.78, 5) is 33.9. The van der Waals surface area contributed by atoms with Gasteiger partial charge in [-0.1, -0.05) is 55.5 Å². The average molecular weight is 476 g/mol. The summed E-state index contributed by atoms with van der Waals surface area (Å²) in [6, 6.07) is 5.59. The van der Waals surface area contributed by atoms with E-state index in [0.29, 0.717) is 33.2 Å². The molecule has 0 bridgehead atoms. The number of halogens is 2. The van der Waals surface area contributed by atoms with Crippen molar-refractivity contribution >= 4 is 40.3 Å². The molecular formula is C23H27Cl2N5O2. The molecule has 3 heterocycles. The van der Waals surface area contributed by atoms with Crippen LogP contribution in [0.1, 0.15) is 44.6 Å². The summed E-state index contributed by atoms with van der Waals surface area (Å²) in [5.74, 6) is 1.21. The number of hydrogen-bond acceptors (Lipinski definition) is 4. The van der Waals surface area contributed by atoms with Gasteiger partial charge in [-0.15, -0.1) is 0 Å². The van der Waals surface area contributed by atoms with Crippen LogP contribution in [0.25, 0.3) is 11.2 Å². The molecule has 1 saturated carbocycles. The number of aromatic nitrogens is 4. The number of nitrogens with zero attached hydrogens (tertiary/aromatic N) is 5. The summed E-state index contributed by atoms with van der Waals surface area (Å²) in [5, 5.41) is 0.835. The zero-order chi connectivity index (χ0) is 22.6. The van der Waals surface area contributed by atoms with Crippen LogP contribution in [0.3, 0.4) is 0 Å². The second-order valence-corrected chi connectivity index (χ2v) is 10.0. The number of benzene rings is 1. The zero-order valence-electron chi connectivity index (χ0n) is 18.4. The van der Waals surface area contributed by atoms with Crippen molar-refractivity contribution in [1.29, 1.82) is 0 Å². The van der Waals surface area contributed by atoms with E-state index in [1.807, 2.05) is 4.57 Å². The first-order valence-corrected chi connectivity index (χ1v) is 12.0. The minimum Gasteiger partial charge on any atom is -0.339 e. The van der Waals surface area contributed by atoms with Crippen LogP contribution in [0.4, 0.5) is 5.95 Å². The second kappa shape index (κ2) is 8.27. The fraction of sp³-hybridized carbons (Fsp3) is 0.522. The summed E-state index contributed by atoms with van der Waals surface area (Å²) >= 11 is 12.2. The Balaban J connectivity index is 1.66. The van der Waals surface area contributed by atoms with Crippen LogP contribution in [-0.2, 0) is 20.1 Å². The van der Waals surface area contributed by atoms with E-state index in [4.69, 9.17) is 28.2 Å². The molecule has 1 fully saturated rings. The van der Waals surface area contributed by atoms with Gasteiger partial charge in [0.15, 0.2) is 11.2 Å². The molecule has 1 aliphatic carbocycles. The third-order valence-corrected chi connectivity index (χ3v) is 7.55. The van der Waals surface area contributed by atoms with E-state index < -0.39 is 0 Å². The lowest BCUT2D eigenvalue weighted by molar-refractivity contribution is 0.354. The monoisotopic (exact) mass is 475 g/mol. The van der Waals surface area contributed by atoms with E-state index in [9.17, 15) is 9.59 Å². The predicted octanol–water partition coefficient (Wildman–Crippen LogP) is 4.04. The number of hydrogen-bond donors (Lipinski definition) is 0. The third kappa shape index (κ3) is 3.55. The lowest BCUT2D eigenvalue weighted by Crippen LogP contribution is -2.45. The molecule has 0 spiro atoms. The Morgan fingerprint density at radius 3 is 2.53 bits per heavy atom. The van der Waals surface area contributed by atoms with Crippen LogP contribution in [-0.4, -0.2) is 31.3 Å². The van der Waals surface area contributed by atoms with Crippen molar-refractivity contribution in [2.75, 3.05) is 11.4 Å². The fourth-order valence-electron chi connectivity index (χ4n) is 5.20. The summed E-state index contributed by atoms with van der Waals surface area (Å²) < 4.78 is 4.79. The van der Waals surface area contributed by atoms with Crippen LogP contribution in [0.15, 0.2) is 27.8 Å². The first-order chi connectivity index (χ1) is 15.3. The van der Waals surface area contributed by atoms with Gasteiger partial charge in [0.05, 0.1) is 16.6 Å². The molecule has 0 N–H and O–H groups in total. The number of imidazole rings is 1. The van der Waals surface area contributed by atoms with Crippen LogP contribution in [0, 0.1) is 5.92 Å². The lowest BCUT2D eigenvalue weighted by atomic mass is 9.93. The Bertz CT molecular complexity index is 1300. The molecule has 0 saturated heterocycles. The van der Waals surface area contributed by atoms with Crippen molar-refractivity contribution in [3.05, 3.63) is 54.6 Å². The topological polar surface area (TPSA) is 65.1 Å². The van der Waals surface area contributed by atoms with Crippen molar-refractivity contribution in [2.45, 2.75) is 58.2 Å². The van der Waals surface area contributed by atoms with Gasteiger partial charge in [-0.3, -0.25) is 13.9 Å². The molecule has 9 heteroatoms. The molecule has 32 heavy (non-hydrogen) atoms. The van der Waals surface area contributed by atoms with Crippen molar-refractivity contribution in [2.24, 2.45) is 13.0 Å². The van der Waals surface area contributed by atoms with Crippen LogP contribution >= 0.6 is 23.2 Å². The SMILES string of the molecule is C[C@H]1CN(C2CCCCC2)c2nc3c(c(=O)n(Cc4ccc(Cl)c(Cl)c4)c(=O)n3C)n2C1. The zero-order valence-corrected chi connectivity index (χ0v) is 19.9. The number of fused-ring (bicyclic) bond motifs is 3. The van der Waals surface area contributed by atoms with Gasteiger partial charge in [0, 0.05) is 26.2 Å². The third-order valence-electron chi connectivity index (χ3n) is 6.81. The Morgan fingerprint density at radius 2 is 1.81 bits per heavy atom. The highest BCUT2D eigenvalue weighted by Gasteiger charge is 2.33. The van der Waals surface area contributed by atoms with Gasteiger partial charge in [-0.2, -0.15) is 4.98 Å². The van der Waals surface area contributed by atoms with Crippen LogP contribution in [0.5, 0.6) is 0 Å². The molecule has 0 radical (unpaired) electrons. The fourth-order valence-corrected chi connectivity index (χ4v) is 5.52. The molecule has 3 aromatic rings. The van der Waals surface area contributed by atoms with E-state index in [-0.39, 0.29) is 17.8 Å². The number of aryl methyl sites for hydroxylation is 1. The normalized spacial score (nSPS) is 19.5. The maximum Gasteiger partial charge on any atom is 0.332 e. The Hall–Kier alpha value is -2.25. The minimum absolute atomic E-state index is 0.126. The first kappa shape index (κ1) is 21.6. The van der Waals surface area contributed by atoms with Crippen LogP contribution < -0.4 is 16.1 Å². The molecule has 0 unspecified atom stereocenters. The van der Waals surface area contributed by atoms with E-state index in [2.05, 4.69) is 11.8 Å². The van der Waals surface area contributed by atoms with E-state index in [1.165, 1.54) is 28.4 Å². The summed E-state index contributed by atoms with van der Waals surface area (Å²) in [5.41, 5.74) is 0.991. The summed E-state index contributed by atoms with van der Waals surface area (Å²) in [7, 11) is 1.68. The molecule has 2 aromatic heterocycles. The first-order valence-electron chi connectivity index (χ1n) is 11.3. The van der Waals surface area contributed by atoms with Crippen LogP contribution in [0.2, 0.25) is 10.0 Å². The highest BCUT2D eigenvalue weighted by Crippen LogP contribution is 2.33. The second-order valence-electron chi connectivity index (χ2n) is 9.23. The summed E-state index contributed by atoms with van der Waals surface area (Å²) in [6.07, 6.45) is 6.03. The standard InChI is InChI=1S/C23H27Cl2N5O2/c1-14-11-28(16-6-4-3-5-7-16)22-26-20-19(29(22)12-14)21(31)30(23(32)27(20)2)13-15-8-9-17(24)18(25)10-15/h8-10,14,16H,3-7,11-13H2,1-2H3/t14-/m0/s1. The molecule has 1 aliphatic heterocycles. The van der Waals surface area contributed by atoms with Gasteiger partial charge in [0.2, 0.25) is 5.95 Å². The molecule has 1 aromatic carbocycles. The van der Waals surface area contributed by atoms with Gasteiger partial charge >= 0.3 is 5.69 Å². The smallest absolute Gasteiger partial charge is 0.332 e. The van der Waals surface area contributed by atoms with Crippen molar-refractivity contribution in [1.82, 2.24) is 18.7 Å². The summed E-state index contributed by atoms with van der Waals surface area (Å²) in [6.45, 7) is 3.98. The van der Waals surface area contributed by atoms with Gasteiger partial charge in [0.1, 0.15) is 0 Å². The van der Waals surface area contributed by atoms with Gasteiger partial charge < -0.3 is 9.47 Å². The quantitative estimate of drug-likeness (QED) is 0.573. The van der Waals surface area contributed by atoms with Gasteiger partial charge in [0.25, 0.3) is 5.56 Å². The molecule has 2 aliphatic rings. The van der Waals surface area contributed by atoms with Crippen molar-refractivity contribution < 1.29 is 0 Å². The highest BCUT2D eigenvalue weighted by atomic mass is 35.5. The number of anilines is 1. The Labute approximate surface area is 196 Å². The van der Waals surface area contributed by atoms with E-state index in [1.54, 1.807) is 25.2 Å². The minimum atomic E-state index is -0.388. The van der Waals surface area contributed by atoms with Gasteiger partial charge in [-0.05, 0) is 36.5 Å². The molecule has 1 atom stereocenters. The highest BCUT2D eigenvalue weighted by molar-refractivity contribution is 6.42. The van der Waals surface area contributed by atoms with Crippen molar-refractivity contribution in [3.8, 4) is 0 Å². The number of rotatable bonds is 3. The van der Waals surface area contributed by atoms with Crippen molar-refractivity contribution in [3.63, 3.8) is 0 Å². The molecular weight excluding hydrogens is 449 g/mol. The van der Waals surface area contributed by atoms with Gasteiger partial charge in [-0.25, -0.2) is 4.79 Å². The van der Waals surface area contributed by atoms with E-state index in [0.717, 1.165) is 37.4 Å². The van der Waals surface area contributed by atoms with E-state index >= 15 is 0 Å².